The highest BCUT2D eigenvalue weighted by atomic mass is 16.2. The van der Waals surface area contributed by atoms with Crippen LogP contribution in [0.25, 0.3) is 0 Å². The molecule has 5 nitrogen and oxygen atoms in total. The maximum atomic E-state index is 12.6. The van der Waals surface area contributed by atoms with Crippen LogP contribution < -0.4 is 10.6 Å². The summed E-state index contributed by atoms with van der Waals surface area (Å²) in [6, 6.07) is 17.6. The van der Waals surface area contributed by atoms with E-state index >= 15 is 0 Å². The van der Waals surface area contributed by atoms with Gasteiger partial charge < -0.3 is 10.6 Å². The van der Waals surface area contributed by atoms with Gasteiger partial charge in [0, 0.05) is 12.2 Å². The first-order valence-electron chi connectivity index (χ1n) is 9.96. The third kappa shape index (κ3) is 5.42. The van der Waals surface area contributed by atoms with Crippen LogP contribution >= 0.6 is 0 Å². The van der Waals surface area contributed by atoms with E-state index in [9.17, 15) is 9.59 Å². The molecule has 1 aliphatic heterocycles. The van der Waals surface area contributed by atoms with Crippen molar-refractivity contribution >= 4 is 17.5 Å². The topological polar surface area (TPSA) is 61.4 Å². The van der Waals surface area contributed by atoms with Crippen LogP contribution in [-0.4, -0.2) is 36.3 Å². The number of anilines is 1. The highest BCUT2D eigenvalue weighted by Gasteiger charge is 2.27. The zero-order chi connectivity index (χ0) is 19.9. The monoisotopic (exact) mass is 379 g/mol. The third-order valence-electron chi connectivity index (χ3n) is 5.32. The van der Waals surface area contributed by atoms with Crippen LogP contribution in [-0.2, 0) is 9.59 Å². The SMILES string of the molecule is Cc1ccccc1[C@H](C)NC(=O)CN1CCC[C@@H](C(=O)Nc2ccccc2)C1. The highest BCUT2D eigenvalue weighted by molar-refractivity contribution is 5.92. The summed E-state index contributed by atoms with van der Waals surface area (Å²) in [4.78, 5) is 27.2. The van der Waals surface area contributed by atoms with Crippen LogP contribution in [0.15, 0.2) is 54.6 Å². The lowest BCUT2D eigenvalue weighted by atomic mass is 9.97. The number of piperidine rings is 1. The molecule has 0 aromatic heterocycles. The van der Waals surface area contributed by atoms with Crippen molar-refractivity contribution in [2.24, 2.45) is 5.92 Å². The number of amides is 2. The molecule has 1 heterocycles. The van der Waals surface area contributed by atoms with Crippen molar-refractivity contribution in [1.82, 2.24) is 10.2 Å². The maximum absolute atomic E-state index is 12.6. The van der Waals surface area contributed by atoms with Crippen LogP contribution in [0.1, 0.15) is 36.9 Å². The summed E-state index contributed by atoms with van der Waals surface area (Å²) in [5, 5.41) is 6.07. The molecule has 1 fully saturated rings. The van der Waals surface area contributed by atoms with Crippen molar-refractivity contribution in [3.05, 3.63) is 65.7 Å². The summed E-state index contributed by atoms with van der Waals surface area (Å²) >= 11 is 0. The number of benzene rings is 2. The number of carbonyl (C=O) groups is 2. The molecule has 1 saturated heterocycles. The van der Waals surface area contributed by atoms with Crippen LogP contribution in [0.3, 0.4) is 0 Å². The van der Waals surface area contributed by atoms with E-state index in [1.54, 1.807) is 0 Å². The average Bonchev–Trinajstić information content (AvgIpc) is 2.69. The molecule has 0 saturated carbocycles. The van der Waals surface area contributed by atoms with Gasteiger partial charge in [0.15, 0.2) is 0 Å². The van der Waals surface area contributed by atoms with Crippen LogP contribution in [0.5, 0.6) is 0 Å². The van der Waals surface area contributed by atoms with Gasteiger partial charge in [-0.15, -0.1) is 0 Å². The summed E-state index contributed by atoms with van der Waals surface area (Å²) < 4.78 is 0. The predicted molar refractivity (Wildman–Crippen MR) is 112 cm³/mol. The normalized spacial score (nSPS) is 18.3. The van der Waals surface area contributed by atoms with E-state index in [2.05, 4.69) is 28.5 Å². The minimum absolute atomic E-state index is 0.000120. The number of nitrogens with zero attached hydrogens (tertiary/aromatic N) is 1. The Morgan fingerprint density at radius 1 is 1.11 bits per heavy atom. The zero-order valence-electron chi connectivity index (χ0n) is 16.7. The summed E-state index contributed by atoms with van der Waals surface area (Å²) in [5.41, 5.74) is 3.12. The molecule has 3 rings (SSSR count). The minimum atomic E-state index is -0.0875. The van der Waals surface area contributed by atoms with Gasteiger partial charge in [0.2, 0.25) is 11.8 Å². The molecule has 0 spiro atoms. The first-order chi connectivity index (χ1) is 13.5. The third-order valence-corrected chi connectivity index (χ3v) is 5.32. The molecular weight excluding hydrogens is 350 g/mol. The highest BCUT2D eigenvalue weighted by Crippen LogP contribution is 2.20. The smallest absolute Gasteiger partial charge is 0.234 e. The quantitative estimate of drug-likeness (QED) is 0.807. The summed E-state index contributed by atoms with van der Waals surface area (Å²) in [7, 11) is 0. The Morgan fingerprint density at radius 3 is 2.57 bits per heavy atom. The number of para-hydroxylation sites is 1. The summed E-state index contributed by atoms with van der Waals surface area (Å²) in [5.74, 6) is -0.0556. The van der Waals surface area contributed by atoms with E-state index in [-0.39, 0.29) is 23.8 Å². The fourth-order valence-electron chi connectivity index (χ4n) is 3.82. The van der Waals surface area contributed by atoms with E-state index in [1.807, 2.05) is 55.5 Å². The molecule has 2 atom stereocenters. The molecule has 148 valence electrons. The Bertz CT molecular complexity index is 807. The Labute approximate surface area is 167 Å². The van der Waals surface area contributed by atoms with E-state index in [0.29, 0.717) is 13.1 Å². The Kier molecular flexibility index (Phi) is 6.82. The molecule has 28 heavy (non-hydrogen) atoms. The van der Waals surface area contributed by atoms with E-state index < -0.39 is 0 Å². The van der Waals surface area contributed by atoms with Crippen molar-refractivity contribution in [1.29, 1.82) is 0 Å². The minimum Gasteiger partial charge on any atom is -0.348 e. The average molecular weight is 380 g/mol. The lowest BCUT2D eigenvalue weighted by Gasteiger charge is -2.31. The molecule has 0 unspecified atom stereocenters. The molecule has 2 N–H and O–H groups in total. The van der Waals surface area contributed by atoms with Gasteiger partial charge in [0.25, 0.3) is 0 Å². The van der Waals surface area contributed by atoms with Crippen LogP contribution in [0, 0.1) is 12.8 Å². The Morgan fingerprint density at radius 2 is 1.82 bits per heavy atom. The van der Waals surface area contributed by atoms with Gasteiger partial charge in [0.1, 0.15) is 0 Å². The fraction of sp³-hybridized carbons (Fsp3) is 0.391. The van der Waals surface area contributed by atoms with Gasteiger partial charge in [-0.2, -0.15) is 0 Å². The molecule has 0 radical (unpaired) electrons. The predicted octanol–water partition coefficient (Wildman–Crippen LogP) is 3.52. The van der Waals surface area contributed by atoms with Crippen molar-refractivity contribution < 1.29 is 9.59 Å². The molecule has 2 aromatic rings. The number of aryl methyl sites for hydroxylation is 1. The van der Waals surface area contributed by atoms with Gasteiger partial charge in [-0.3, -0.25) is 14.5 Å². The van der Waals surface area contributed by atoms with E-state index in [4.69, 9.17) is 0 Å². The first-order valence-corrected chi connectivity index (χ1v) is 9.96. The summed E-state index contributed by atoms with van der Waals surface area (Å²) in [6.07, 6.45) is 1.78. The molecular formula is C23H29N3O2. The number of hydrogen-bond acceptors (Lipinski definition) is 3. The van der Waals surface area contributed by atoms with Crippen molar-refractivity contribution in [3.8, 4) is 0 Å². The second-order valence-corrected chi connectivity index (χ2v) is 7.58. The number of rotatable bonds is 6. The van der Waals surface area contributed by atoms with Crippen molar-refractivity contribution in [3.63, 3.8) is 0 Å². The molecule has 0 bridgehead atoms. The molecule has 5 heteroatoms. The molecule has 2 aromatic carbocycles. The van der Waals surface area contributed by atoms with Gasteiger partial charge in [-0.1, -0.05) is 42.5 Å². The second kappa shape index (κ2) is 9.51. The number of nitrogens with one attached hydrogen (secondary N) is 2. The number of hydrogen-bond donors (Lipinski definition) is 2. The molecule has 2 amide bonds. The van der Waals surface area contributed by atoms with Crippen LogP contribution in [0.4, 0.5) is 5.69 Å². The second-order valence-electron chi connectivity index (χ2n) is 7.58. The lowest BCUT2D eigenvalue weighted by Crippen LogP contribution is -2.45. The summed E-state index contributed by atoms with van der Waals surface area (Å²) in [6.45, 7) is 5.85. The van der Waals surface area contributed by atoms with Gasteiger partial charge in [-0.25, -0.2) is 0 Å². The van der Waals surface area contributed by atoms with Crippen LogP contribution in [0.2, 0.25) is 0 Å². The lowest BCUT2D eigenvalue weighted by molar-refractivity contribution is -0.126. The van der Waals surface area contributed by atoms with E-state index in [0.717, 1.165) is 30.6 Å². The molecule has 1 aliphatic rings. The first kappa shape index (κ1) is 20.1. The zero-order valence-corrected chi connectivity index (χ0v) is 16.7. The fourth-order valence-corrected chi connectivity index (χ4v) is 3.82. The molecule has 0 aliphatic carbocycles. The van der Waals surface area contributed by atoms with Crippen molar-refractivity contribution in [2.75, 3.05) is 25.0 Å². The van der Waals surface area contributed by atoms with Gasteiger partial charge in [-0.05, 0) is 56.5 Å². The van der Waals surface area contributed by atoms with Crippen molar-refractivity contribution in [2.45, 2.75) is 32.7 Å². The van der Waals surface area contributed by atoms with Gasteiger partial charge >= 0.3 is 0 Å². The Hall–Kier alpha value is -2.66. The largest absolute Gasteiger partial charge is 0.348 e. The van der Waals surface area contributed by atoms with Gasteiger partial charge in [0.05, 0.1) is 18.5 Å². The number of carbonyl (C=O) groups excluding carboxylic acids is 2. The Balaban J connectivity index is 1.51. The van der Waals surface area contributed by atoms with E-state index in [1.165, 1.54) is 5.56 Å². The maximum Gasteiger partial charge on any atom is 0.234 e. The standard InChI is InChI=1S/C23H29N3O2/c1-17-9-6-7-13-21(17)18(2)24-22(27)16-26-14-8-10-19(15-26)23(28)25-20-11-4-3-5-12-20/h3-7,9,11-13,18-19H,8,10,14-16H2,1-2H3,(H,24,27)(H,25,28)/t18-,19+/m0/s1. The number of likely N-dealkylation sites (tertiary alicyclic amines) is 1.